The molecule has 0 saturated heterocycles. The normalized spacial score (nSPS) is 10.8. The van der Waals surface area contributed by atoms with E-state index in [0.29, 0.717) is 57.4 Å². The highest BCUT2D eigenvalue weighted by atomic mass is 15.0. The van der Waals surface area contributed by atoms with Gasteiger partial charge in [-0.25, -0.2) is 39.6 Å². The number of benzene rings is 14. The molecular weight excluding hydrogens is 1220 g/mol. The average molecular weight is 1280 g/mol. The summed E-state index contributed by atoms with van der Waals surface area (Å²) in [6, 6.07) is 114. The molecule has 0 spiro atoms. The van der Waals surface area contributed by atoms with Crippen LogP contribution in [0.4, 0.5) is 11.4 Å². The molecule has 0 atom stereocenters. The van der Waals surface area contributed by atoms with E-state index in [2.05, 4.69) is 167 Å². The molecule has 14 aromatic carbocycles. The highest BCUT2D eigenvalue weighted by Gasteiger charge is 2.16. The number of hydrogen-bond donors (Lipinski definition) is 0. The highest BCUT2D eigenvalue weighted by molar-refractivity contribution is 5.93. The molecule has 0 aliphatic carbocycles. The molecular formula is C90H54N10. The van der Waals surface area contributed by atoms with Crippen LogP contribution in [0.25, 0.3) is 166 Å². The summed E-state index contributed by atoms with van der Waals surface area (Å²) in [5, 5.41) is 23.4. The quantitative estimate of drug-likeness (QED) is 0.110. The summed E-state index contributed by atoms with van der Waals surface area (Å²) in [4.78, 5) is 36.1. The van der Waals surface area contributed by atoms with Crippen molar-refractivity contribution >= 4 is 32.9 Å². The second-order valence-corrected chi connectivity index (χ2v) is 23.9. The van der Waals surface area contributed by atoms with Crippen LogP contribution in [-0.4, -0.2) is 29.9 Å². The zero-order chi connectivity index (χ0) is 67.7. The van der Waals surface area contributed by atoms with E-state index in [1.807, 2.05) is 170 Å². The molecule has 0 aliphatic heterocycles. The van der Waals surface area contributed by atoms with Gasteiger partial charge in [0.05, 0.1) is 25.3 Å². The summed E-state index contributed by atoms with van der Waals surface area (Å²) in [6.45, 7) is 14.7. The Kier molecular flexibility index (Phi) is 17.2. The molecule has 16 aromatic rings. The molecule has 0 aliphatic rings. The zero-order valence-corrected chi connectivity index (χ0v) is 53.6. The van der Waals surface area contributed by atoms with E-state index in [-0.39, 0.29) is 0 Å². The number of aromatic nitrogens is 6. The van der Waals surface area contributed by atoms with Crippen molar-refractivity contribution in [1.82, 2.24) is 29.9 Å². The van der Waals surface area contributed by atoms with Crippen LogP contribution < -0.4 is 0 Å². The monoisotopic (exact) mass is 1270 g/mol. The van der Waals surface area contributed by atoms with E-state index < -0.39 is 0 Å². The van der Waals surface area contributed by atoms with Gasteiger partial charge in [0.25, 0.3) is 0 Å². The topological polar surface area (TPSA) is 134 Å². The number of rotatable bonds is 12. The molecule has 0 bridgehead atoms. The first-order valence-corrected chi connectivity index (χ1v) is 32.4. The van der Waals surface area contributed by atoms with Crippen molar-refractivity contribution in [1.29, 1.82) is 10.5 Å². The Hall–Kier alpha value is -14.4. The third-order valence-corrected chi connectivity index (χ3v) is 17.5. The van der Waals surface area contributed by atoms with Gasteiger partial charge in [-0.15, -0.1) is 0 Å². The zero-order valence-electron chi connectivity index (χ0n) is 53.6. The van der Waals surface area contributed by atoms with Crippen LogP contribution in [0.3, 0.4) is 0 Å². The first-order valence-electron chi connectivity index (χ1n) is 32.4. The van der Waals surface area contributed by atoms with Crippen molar-refractivity contribution in [3.8, 4) is 147 Å². The fourth-order valence-electron chi connectivity index (χ4n) is 12.2. The lowest BCUT2D eigenvalue weighted by Gasteiger charge is -2.10. The van der Waals surface area contributed by atoms with Crippen molar-refractivity contribution in [2.24, 2.45) is 0 Å². The second-order valence-electron chi connectivity index (χ2n) is 23.9. The lowest BCUT2D eigenvalue weighted by Crippen LogP contribution is -2.00. The fourth-order valence-corrected chi connectivity index (χ4v) is 12.2. The maximum atomic E-state index is 9.39. The molecule has 0 radical (unpaired) electrons. The Bertz CT molecular complexity index is 5720. The van der Waals surface area contributed by atoms with E-state index in [9.17, 15) is 10.5 Å². The molecule has 100 heavy (non-hydrogen) atoms. The van der Waals surface area contributed by atoms with E-state index in [1.165, 1.54) is 0 Å². The van der Waals surface area contributed by atoms with Gasteiger partial charge >= 0.3 is 0 Å². The fraction of sp³-hybridized carbons (Fsp3) is 0. The minimum atomic E-state index is 0.461. The molecule has 0 fully saturated rings. The molecule has 16 rings (SSSR count). The number of nitrogens with zero attached hydrogens (tertiary/aromatic N) is 10. The predicted molar refractivity (Wildman–Crippen MR) is 402 cm³/mol. The Morgan fingerprint density at radius 2 is 0.420 bits per heavy atom. The predicted octanol–water partition coefficient (Wildman–Crippen LogP) is 22.9. The minimum absolute atomic E-state index is 0.461. The molecule has 0 unspecified atom stereocenters. The van der Waals surface area contributed by atoms with Gasteiger partial charge in [-0.05, 0) is 149 Å². The summed E-state index contributed by atoms with van der Waals surface area (Å²) in [7, 11) is 0. The summed E-state index contributed by atoms with van der Waals surface area (Å²) in [5.74, 6) is 3.82. The Balaban J connectivity index is 0.000000162. The molecule has 2 aromatic heterocycles. The maximum absolute atomic E-state index is 9.39. The first kappa shape index (κ1) is 61.7. The van der Waals surface area contributed by atoms with E-state index >= 15 is 0 Å². The number of hydrogen-bond acceptors (Lipinski definition) is 8. The summed E-state index contributed by atoms with van der Waals surface area (Å²) < 4.78 is 0. The third-order valence-electron chi connectivity index (χ3n) is 17.5. The van der Waals surface area contributed by atoms with Crippen LogP contribution in [0, 0.1) is 35.8 Å². The Morgan fingerprint density at radius 3 is 0.680 bits per heavy atom. The molecule has 464 valence electrons. The van der Waals surface area contributed by atoms with Crippen molar-refractivity contribution in [3.05, 3.63) is 362 Å². The standard InChI is InChI=1S/2C45H27N5/c1-47-42-25-30(29-46)24-40(28-42)33-14-12-31(13-15-33)38-22-18-34-19-23-39(27-41(34)26-38)32-16-20-37(21-17-32)45-49-43(35-8-4-2-5-9-35)48-44(50-45)36-10-6-3-7-11-36;1-47-42-25-30(29-46)24-41(28-42)33-14-12-31(13-15-33)37-20-22-40-27-38(21-23-39(40)26-37)32-16-18-36(19-17-32)45-49-43(34-8-4-2-5-9-34)48-44(50-45)35-10-6-3-7-11-35/h2*2-28H. The van der Waals surface area contributed by atoms with Gasteiger partial charge < -0.3 is 0 Å². The Labute approximate surface area is 578 Å². The van der Waals surface area contributed by atoms with Gasteiger partial charge in [-0.2, -0.15) is 10.5 Å². The van der Waals surface area contributed by atoms with Crippen molar-refractivity contribution in [2.75, 3.05) is 0 Å². The van der Waals surface area contributed by atoms with E-state index in [0.717, 1.165) is 122 Å². The van der Waals surface area contributed by atoms with Gasteiger partial charge in [0, 0.05) is 44.5 Å². The first-order chi connectivity index (χ1) is 49.3. The van der Waals surface area contributed by atoms with E-state index in [4.69, 9.17) is 43.0 Å². The van der Waals surface area contributed by atoms with Crippen LogP contribution in [-0.2, 0) is 0 Å². The molecule has 10 heteroatoms. The SMILES string of the molecule is [C-]#[N+]c1cc(C#N)cc(-c2ccc(-c3ccc4cc(-c5ccc(-c6nc(-c7ccccc7)nc(-c7ccccc7)n6)cc5)ccc4c3)cc2)c1.[C-]#[N+]c1cc(C#N)cc(-c2ccc(-c3ccc4ccc(-c5ccc(-c6nc(-c7ccccc7)nc(-c7ccccc7)n6)cc5)cc4c3)cc2)c1. The van der Waals surface area contributed by atoms with Crippen LogP contribution >= 0.6 is 0 Å². The number of fused-ring (bicyclic) bond motifs is 2. The van der Waals surface area contributed by atoms with Crippen molar-refractivity contribution < 1.29 is 0 Å². The lowest BCUT2D eigenvalue weighted by molar-refractivity contribution is 1.07. The van der Waals surface area contributed by atoms with Crippen molar-refractivity contribution in [3.63, 3.8) is 0 Å². The largest absolute Gasteiger partial charge is 0.238 e. The van der Waals surface area contributed by atoms with Crippen LogP contribution in [0.15, 0.2) is 328 Å². The molecule has 10 nitrogen and oxygen atoms in total. The van der Waals surface area contributed by atoms with Crippen LogP contribution in [0.2, 0.25) is 0 Å². The lowest BCUT2D eigenvalue weighted by atomic mass is 9.95. The van der Waals surface area contributed by atoms with Crippen LogP contribution in [0.1, 0.15) is 11.1 Å². The van der Waals surface area contributed by atoms with Gasteiger partial charge in [-0.3, -0.25) is 0 Å². The third kappa shape index (κ3) is 13.5. The second kappa shape index (κ2) is 27.9. The van der Waals surface area contributed by atoms with E-state index in [1.54, 1.807) is 12.1 Å². The average Bonchev–Trinajstić information content (AvgIpc) is 0.824. The Morgan fingerprint density at radius 1 is 0.200 bits per heavy atom. The highest BCUT2D eigenvalue weighted by Crippen LogP contribution is 2.37. The summed E-state index contributed by atoms with van der Waals surface area (Å²) in [6.07, 6.45) is 0. The van der Waals surface area contributed by atoms with Crippen molar-refractivity contribution in [2.45, 2.75) is 0 Å². The minimum Gasteiger partial charge on any atom is -0.238 e. The van der Waals surface area contributed by atoms with Gasteiger partial charge in [0.15, 0.2) is 46.3 Å². The number of nitriles is 2. The molecule has 2 heterocycles. The summed E-state index contributed by atoms with van der Waals surface area (Å²) in [5.41, 5.74) is 20.1. The molecule has 0 amide bonds. The molecule has 0 saturated carbocycles. The summed E-state index contributed by atoms with van der Waals surface area (Å²) >= 11 is 0. The maximum Gasteiger partial charge on any atom is 0.189 e. The van der Waals surface area contributed by atoms with Gasteiger partial charge in [0.1, 0.15) is 0 Å². The van der Waals surface area contributed by atoms with Gasteiger partial charge in [0.2, 0.25) is 0 Å². The molecule has 0 N–H and O–H groups in total. The van der Waals surface area contributed by atoms with Crippen LogP contribution in [0.5, 0.6) is 0 Å². The van der Waals surface area contributed by atoms with Gasteiger partial charge in [-0.1, -0.05) is 267 Å². The smallest absolute Gasteiger partial charge is 0.189 e.